The molecule has 1 amide bonds. The fourth-order valence-corrected chi connectivity index (χ4v) is 1.75. The van der Waals surface area contributed by atoms with Gasteiger partial charge in [-0.05, 0) is 32.0 Å². The van der Waals surface area contributed by atoms with Gasteiger partial charge in [-0.25, -0.2) is 0 Å². The maximum Gasteiger partial charge on any atom is 0.406 e. The first-order chi connectivity index (χ1) is 8.61. The highest BCUT2D eigenvalue weighted by Crippen LogP contribution is 2.23. The van der Waals surface area contributed by atoms with Gasteiger partial charge in [0.1, 0.15) is 6.54 Å². The summed E-state index contributed by atoms with van der Waals surface area (Å²) in [5, 5.41) is 0.320. The lowest BCUT2D eigenvalue weighted by Gasteiger charge is -2.28. The van der Waals surface area contributed by atoms with E-state index in [0.717, 1.165) is 4.90 Å². The largest absolute Gasteiger partial charge is 0.406 e. The van der Waals surface area contributed by atoms with Gasteiger partial charge in [0.15, 0.2) is 0 Å². The lowest BCUT2D eigenvalue weighted by Crippen LogP contribution is -2.43. The molecule has 0 heterocycles. The van der Waals surface area contributed by atoms with Gasteiger partial charge in [0.2, 0.25) is 0 Å². The number of hydrogen-bond donors (Lipinski definition) is 1. The number of anilines is 1. The predicted molar refractivity (Wildman–Crippen MR) is 68.1 cm³/mol. The number of halogens is 4. The number of carbonyl (C=O) groups excluding carboxylic acids is 1. The summed E-state index contributed by atoms with van der Waals surface area (Å²) in [6.07, 6.45) is -4.46. The zero-order chi connectivity index (χ0) is 14.8. The first kappa shape index (κ1) is 15.6. The summed E-state index contributed by atoms with van der Waals surface area (Å²) in [7, 11) is 0. The molecular weight excluding hydrogens is 281 g/mol. The van der Waals surface area contributed by atoms with E-state index in [4.69, 9.17) is 17.3 Å². The molecule has 0 aliphatic heterocycles. The monoisotopic (exact) mass is 294 g/mol. The average molecular weight is 295 g/mol. The molecule has 3 nitrogen and oxygen atoms in total. The van der Waals surface area contributed by atoms with Crippen LogP contribution < -0.4 is 5.73 Å². The average Bonchev–Trinajstić information content (AvgIpc) is 2.23. The molecule has 0 atom stereocenters. The van der Waals surface area contributed by atoms with Gasteiger partial charge in [-0.1, -0.05) is 11.6 Å². The lowest BCUT2D eigenvalue weighted by molar-refractivity contribution is -0.143. The minimum Gasteiger partial charge on any atom is -0.398 e. The van der Waals surface area contributed by atoms with Crippen LogP contribution in [0.2, 0.25) is 5.02 Å². The highest BCUT2D eigenvalue weighted by molar-refractivity contribution is 6.31. The molecule has 19 heavy (non-hydrogen) atoms. The smallest absolute Gasteiger partial charge is 0.398 e. The number of hydrogen-bond acceptors (Lipinski definition) is 2. The Morgan fingerprint density at radius 2 is 2.00 bits per heavy atom. The van der Waals surface area contributed by atoms with E-state index in [-0.39, 0.29) is 11.3 Å². The van der Waals surface area contributed by atoms with Crippen LogP contribution in [0.5, 0.6) is 0 Å². The minimum atomic E-state index is -4.46. The normalized spacial score (nSPS) is 11.7. The number of nitrogen functional groups attached to an aromatic ring is 1. The van der Waals surface area contributed by atoms with Crippen molar-refractivity contribution in [3.8, 4) is 0 Å². The molecule has 1 aromatic rings. The van der Waals surface area contributed by atoms with Crippen LogP contribution in [0, 0.1) is 0 Å². The van der Waals surface area contributed by atoms with Gasteiger partial charge in [-0.2, -0.15) is 13.2 Å². The van der Waals surface area contributed by atoms with Crippen molar-refractivity contribution in [1.29, 1.82) is 0 Å². The van der Waals surface area contributed by atoms with Crippen molar-refractivity contribution in [1.82, 2.24) is 4.90 Å². The highest BCUT2D eigenvalue weighted by atomic mass is 35.5. The van der Waals surface area contributed by atoms with E-state index < -0.39 is 24.7 Å². The van der Waals surface area contributed by atoms with Crippen molar-refractivity contribution in [2.45, 2.75) is 26.1 Å². The van der Waals surface area contributed by atoms with Gasteiger partial charge < -0.3 is 10.6 Å². The molecule has 0 unspecified atom stereocenters. The van der Waals surface area contributed by atoms with Crippen molar-refractivity contribution in [3.05, 3.63) is 28.8 Å². The zero-order valence-electron chi connectivity index (χ0n) is 10.5. The Morgan fingerprint density at radius 1 is 1.42 bits per heavy atom. The van der Waals surface area contributed by atoms with Crippen molar-refractivity contribution < 1.29 is 18.0 Å². The molecule has 0 spiro atoms. The van der Waals surface area contributed by atoms with Crippen LogP contribution in [0.25, 0.3) is 0 Å². The van der Waals surface area contributed by atoms with Gasteiger partial charge in [-0.15, -0.1) is 0 Å². The molecule has 0 saturated carbocycles. The van der Waals surface area contributed by atoms with Crippen LogP contribution in [0.1, 0.15) is 24.2 Å². The predicted octanol–water partition coefficient (Wildman–Crippen LogP) is 3.34. The summed E-state index contributed by atoms with van der Waals surface area (Å²) in [4.78, 5) is 12.8. The SMILES string of the molecule is CC(C)N(CC(F)(F)F)C(=O)c1ccc(Cl)cc1N. The molecule has 1 rings (SSSR count). The van der Waals surface area contributed by atoms with Gasteiger partial charge in [0.25, 0.3) is 5.91 Å². The van der Waals surface area contributed by atoms with Crippen LogP contribution in [0.15, 0.2) is 18.2 Å². The van der Waals surface area contributed by atoms with E-state index in [1.54, 1.807) is 0 Å². The highest BCUT2D eigenvalue weighted by Gasteiger charge is 2.35. The molecule has 106 valence electrons. The Kier molecular flexibility index (Phi) is 4.68. The summed E-state index contributed by atoms with van der Waals surface area (Å²) in [6.45, 7) is 1.71. The molecule has 0 fully saturated rings. The van der Waals surface area contributed by atoms with E-state index in [2.05, 4.69) is 0 Å². The maximum absolute atomic E-state index is 12.5. The van der Waals surface area contributed by atoms with Gasteiger partial charge >= 0.3 is 6.18 Å². The van der Waals surface area contributed by atoms with Crippen molar-refractivity contribution >= 4 is 23.2 Å². The van der Waals surface area contributed by atoms with Gasteiger partial charge in [-0.3, -0.25) is 4.79 Å². The Morgan fingerprint density at radius 3 is 2.42 bits per heavy atom. The molecule has 0 bridgehead atoms. The number of amides is 1. The number of nitrogens with two attached hydrogens (primary N) is 1. The third-order valence-electron chi connectivity index (χ3n) is 2.48. The van der Waals surface area contributed by atoms with E-state index >= 15 is 0 Å². The summed E-state index contributed by atoms with van der Waals surface area (Å²) in [5.74, 6) is -0.763. The second kappa shape index (κ2) is 5.69. The molecule has 0 saturated heterocycles. The summed E-state index contributed by atoms with van der Waals surface area (Å²) >= 11 is 5.69. The third-order valence-corrected chi connectivity index (χ3v) is 2.71. The second-order valence-electron chi connectivity index (χ2n) is 4.37. The molecule has 0 aliphatic carbocycles. The van der Waals surface area contributed by atoms with Crippen molar-refractivity contribution in [2.75, 3.05) is 12.3 Å². The van der Waals surface area contributed by atoms with E-state index in [0.29, 0.717) is 5.02 Å². The Labute approximate surface area is 114 Å². The van der Waals surface area contributed by atoms with Gasteiger partial charge in [0, 0.05) is 16.8 Å². The van der Waals surface area contributed by atoms with Crippen molar-refractivity contribution in [2.24, 2.45) is 0 Å². The summed E-state index contributed by atoms with van der Waals surface area (Å²) in [5.41, 5.74) is 5.69. The fraction of sp³-hybridized carbons (Fsp3) is 0.417. The van der Waals surface area contributed by atoms with E-state index in [9.17, 15) is 18.0 Å². The van der Waals surface area contributed by atoms with Crippen LogP contribution in [0.3, 0.4) is 0 Å². The molecule has 0 aromatic heterocycles. The van der Waals surface area contributed by atoms with Crippen LogP contribution in [-0.4, -0.2) is 29.6 Å². The Hall–Kier alpha value is -1.43. The van der Waals surface area contributed by atoms with Crippen LogP contribution in [0.4, 0.5) is 18.9 Å². The molecule has 1 aromatic carbocycles. The molecule has 2 N–H and O–H groups in total. The summed E-state index contributed by atoms with van der Waals surface area (Å²) < 4.78 is 37.4. The fourth-order valence-electron chi connectivity index (χ4n) is 1.57. The number of benzene rings is 1. The summed E-state index contributed by atoms with van der Waals surface area (Å²) in [6, 6.07) is 3.48. The van der Waals surface area contributed by atoms with E-state index in [1.807, 2.05) is 0 Å². The number of nitrogens with zero attached hydrogens (tertiary/aromatic N) is 1. The quantitative estimate of drug-likeness (QED) is 0.869. The first-order valence-electron chi connectivity index (χ1n) is 5.54. The molecule has 7 heteroatoms. The Balaban J connectivity index is 3.06. The minimum absolute atomic E-state index is 0.0161. The molecule has 0 radical (unpaired) electrons. The molecule has 0 aliphatic rings. The number of carbonyl (C=O) groups is 1. The second-order valence-corrected chi connectivity index (χ2v) is 4.81. The lowest BCUT2D eigenvalue weighted by atomic mass is 10.1. The van der Waals surface area contributed by atoms with Gasteiger partial charge in [0.05, 0.1) is 5.56 Å². The standard InChI is InChI=1S/C12H14ClF3N2O/c1-7(2)18(6-12(14,15)16)11(19)9-4-3-8(13)5-10(9)17/h3-5,7H,6,17H2,1-2H3. The van der Waals surface area contributed by atoms with Crippen LogP contribution in [-0.2, 0) is 0 Å². The topological polar surface area (TPSA) is 46.3 Å². The van der Waals surface area contributed by atoms with Crippen LogP contribution >= 0.6 is 11.6 Å². The third kappa shape index (κ3) is 4.31. The Bertz CT molecular complexity index is 475. The number of alkyl halides is 3. The molecular formula is C12H14ClF3N2O. The maximum atomic E-state index is 12.5. The van der Waals surface area contributed by atoms with E-state index in [1.165, 1.54) is 32.0 Å². The van der Waals surface area contributed by atoms with Crippen molar-refractivity contribution in [3.63, 3.8) is 0 Å². The first-order valence-corrected chi connectivity index (χ1v) is 5.92. The zero-order valence-corrected chi connectivity index (χ0v) is 11.2. The number of rotatable bonds is 3.